The Morgan fingerprint density at radius 1 is 1.17 bits per heavy atom. The van der Waals surface area contributed by atoms with E-state index >= 15 is 0 Å². The number of benzene rings is 2. The molecule has 0 saturated carbocycles. The third kappa shape index (κ3) is 4.17. The first-order valence-electron chi connectivity index (χ1n) is 6.82. The van der Waals surface area contributed by atoms with E-state index in [1.165, 1.54) is 31.2 Å². The van der Waals surface area contributed by atoms with Crippen molar-refractivity contribution >= 4 is 41.5 Å². The fourth-order valence-electron chi connectivity index (χ4n) is 2.17. The van der Waals surface area contributed by atoms with Crippen LogP contribution in [-0.2, 0) is 8.53 Å². The molecule has 2 rings (SSSR count). The van der Waals surface area contributed by atoms with Gasteiger partial charge in [0.2, 0.25) is 0 Å². The number of hydrogen-bond acceptors (Lipinski definition) is 4. The summed E-state index contributed by atoms with van der Waals surface area (Å²) in [6.45, 7) is 2.76. The van der Waals surface area contributed by atoms with Gasteiger partial charge >= 0.3 is 140 Å². The van der Waals surface area contributed by atoms with Crippen LogP contribution in [0.4, 0.5) is 21.5 Å². The number of halogens is 1. The van der Waals surface area contributed by atoms with Crippen molar-refractivity contribution in [2.75, 3.05) is 10.6 Å². The molecule has 0 atom stereocenters. The van der Waals surface area contributed by atoms with E-state index in [0.29, 0.717) is 11.3 Å². The van der Waals surface area contributed by atoms with Crippen LogP contribution < -0.4 is 15.0 Å². The van der Waals surface area contributed by atoms with Crippen LogP contribution in [0.2, 0.25) is 0 Å². The molecule has 2 aromatic rings. The average Bonchev–Trinajstić information content (AvgIpc) is 2.40. The molecule has 0 bridgehead atoms. The zero-order chi connectivity index (χ0) is 18.1. The molecule has 0 saturated heterocycles. The van der Waals surface area contributed by atoms with Gasteiger partial charge in [0.1, 0.15) is 0 Å². The Balaban J connectivity index is 2.48. The van der Waals surface area contributed by atoms with E-state index in [1.54, 1.807) is 6.92 Å². The summed E-state index contributed by atoms with van der Waals surface area (Å²) in [5.41, 5.74) is 1.00. The molecule has 0 heterocycles. The summed E-state index contributed by atoms with van der Waals surface area (Å²) in [5.74, 6) is -1.56. The summed E-state index contributed by atoms with van der Waals surface area (Å²) in [6.07, 6.45) is 0. The molecule has 0 aliphatic heterocycles. The molecule has 0 aliphatic rings. The molecule has 24 heavy (non-hydrogen) atoms. The third-order valence-electron chi connectivity index (χ3n) is 3.14. The van der Waals surface area contributed by atoms with Crippen LogP contribution in [-0.4, -0.2) is 33.4 Å². The van der Waals surface area contributed by atoms with Crippen molar-refractivity contribution in [2.24, 2.45) is 0 Å². The summed E-state index contributed by atoms with van der Waals surface area (Å²) in [7, 11) is 0. The van der Waals surface area contributed by atoms with Crippen molar-refractivity contribution in [1.29, 1.82) is 0 Å². The van der Waals surface area contributed by atoms with Crippen LogP contribution >= 0.6 is 0 Å². The molecule has 0 fully saturated rings. The monoisotopic (exact) mass is 398 g/mol. The van der Waals surface area contributed by atoms with Crippen LogP contribution in [0.25, 0.3) is 0 Å². The van der Waals surface area contributed by atoms with Crippen molar-refractivity contribution in [3.05, 3.63) is 41.7 Å². The van der Waals surface area contributed by atoms with E-state index in [9.17, 15) is 26.2 Å². The fraction of sp³-hybridized carbons (Fsp3) is 0.133. The van der Waals surface area contributed by atoms with Crippen molar-refractivity contribution in [1.82, 2.24) is 0 Å². The summed E-state index contributed by atoms with van der Waals surface area (Å²) < 4.78 is 43.1. The molecule has 5 N–H and O–H groups in total. The predicted octanol–water partition coefficient (Wildman–Crippen LogP) is 1.10. The number of rotatable bonds is 4. The standard InChI is InChI=1S/C15H16AsFN2O5/c1-8-5-10(3-4-12(8)17)19-11-6-13(18-9(2)20)15(14(21)7-11)16(22,23)24/h3-7,19,21H,1-2H3,(H,18,20)(H2,22,23,24). The Labute approximate surface area is 140 Å². The number of anilines is 3. The van der Waals surface area contributed by atoms with Gasteiger partial charge in [-0.1, -0.05) is 0 Å². The van der Waals surface area contributed by atoms with Gasteiger partial charge in [-0.25, -0.2) is 0 Å². The van der Waals surface area contributed by atoms with Crippen molar-refractivity contribution in [3.63, 3.8) is 0 Å². The van der Waals surface area contributed by atoms with Gasteiger partial charge in [-0.15, -0.1) is 0 Å². The van der Waals surface area contributed by atoms with E-state index in [4.69, 9.17) is 0 Å². The zero-order valence-corrected chi connectivity index (χ0v) is 14.7. The molecular formula is C15H16AsFN2O5. The molecule has 0 spiro atoms. The van der Waals surface area contributed by atoms with E-state index in [2.05, 4.69) is 10.6 Å². The first-order valence-corrected chi connectivity index (χ1v) is 10.2. The van der Waals surface area contributed by atoms with Gasteiger partial charge in [-0.3, -0.25) is 0 Å². The summed E-state index contributed by atoms with van der Waals surface area (Å²) in [5, 5.41) is 15.1. The van der Waals surface area contributed by atoms with Crippen molar-refractivity contribution in [3.8, 4) is 5.75 Å². The molecule has 128 valence electrons. The maximum atomic E-state index is 13.3. The molecule has 7 nitrogen and oxygen atoms in total. The number of nitrogens with one attached hydrogen (secondary N) is 2. The Morgan fingerprint density at radius 2 is 1.83 bits per heavy atom. The Morgan fingerprint density at radius 3 is 2.38 bits per heavy atom. The second-order valence-corrected chi connectivity index (χ2v) is 8.43. The third-order valence-corrected chi connectivity index (χ3v) is 5.35. The minimum atomic E-state index is -5.47. The number of hydrogen-bond donors (Lipinski definition) is 5. The van der Waals surface area contributed by atoms with Crippen LogP contribution in [0.1, 0.15) is 12.5 Å². The van der Waals surface area contributed by atoms with Crippen molar-refractivity contribution < 1.29 is 26.2 Å². The van der Waals surface area contributed by atoms with Gasteiger partial charge in [0.05, 0.1) is 0 Å². The number of aryl methyl sites for hydroxylation is 1. The van der Waals surface area contributed by atoms with E-state index in [0.717, 1.165) is 6.07 Å². The predicted molar refractivity (Wildman–Crippen MR) is 87.3 cm³/mol. The number of phenols is 1. The molecule has 0 aliphatic carbocycles. The Hall–Kier alpha value is -2.28. The molecule has 0 unspecified atom stereocenters. The molecular weight excluding hydrogens is 382 g/mol. The summed E-state index contributed by atoms with van der Waals surface area (Å²) >= 11 is -5.47. The molecule has 1 amide bonds. The van der Waals surface area contributed by atoms with E-state index < -0.39 is 30.2 Å². The van der Waals surface area contributed by atoms with Gasteiger partial charge in [-0.05, 0) is 0 Å². The van der Waals surface area contributed by atoms with Gasteiger partial charge < -0.3 is 0 Å². The second-order valence-electron chi connectivity index (χ2n) is 5.21. The molecule has 0 aromatic heterocycles. The van der Waals surface area contributed by atoms with E-state index in [1.807, 2.05) is 0 Å². The van der Waals surface area contributed by atoms with Crippen LogP contribution in [0.15, 0.2) is 30.3 Å². The first kappa shape index (κ1) is 18.1. The van der Waals surface area contributed by atoms with E-state index in [-0.39, 0.29) is 17.2 Å². The zero-order valence-electron chi connectivity index (χ0n) is 12.9. The van der Waals surface area contributed by atoms with Crippen LogP contribution in [0.5, 0.6) is 5.75 Å². The number of carbonyl (C=O) groups excluding carboxylic acids is 1. The van der Waals surface area contributed by atoms with Crippen molar-refractivity contribution in [2.45, 2.75) is 13.8 Å². The number of carbonyl (C=O) groups is 1. The normalized spacial score (nSPS) is 11.2. The minimum absolute atomic E-state index is 0.184. The van der Waals surface area contributed by atoms with Gasteiger partial charge in [0.15, 0.2) is 0 Å². The van der Waals surface area contributed by atoms with Crippen LogP contribution in [0.3, 0.4) is 0 Å². The molecule has 0 radical (unpaired) electrons. The molecule has 2 aromatic carbocycles. The average molecular weight is 398 g/mol. The van der Waals surface area contributed by atoms with Gasteiger partial charge in [0.25, 0.3) is 0 Å². The fourth-order valence-corrected chi connectivity index (χ4v) is 3.84. The van der Waals surface area contributed by atoms with Gasteiger partial charge in [-0.2, -0.15) is 0 Å². The number of phenolic OH excluding ortho intramolecular Hbond substituents is 1. The van der Waals surface area contributed by atoms with Gasteiger partial charge in [0, 0.05) is 0 Å². The number of aromatic hydroxyl groups is 1. The second kappa shape index (κ2) is 6.68. The number of amides is 1. The molecule has 9 heteroatoms. The Kier molecular flexibility index (Phi) is 5.03. The SMILES string of the molecule is CC(=O)Nc1cc(Nc2ccc(F)c(C)c2)cc(O)c1[As](=O)(O)O. The van der Waals surface area contributed by atoms with Crippen LogP contribution in [0, 0.1) is 12.7 Å². The Bertz CT molecular complexity index is 850. The maximum absolute atomic E-state index is 13.3. The quantitative estimate of drug-likeness (QED) is 0.493. The topological polar surface area (TPSA) is 119 Å². The summed E-state index contributed by atoms with van der Waals surface area (Å²) in [4.78, 5) is 11.3. The first-order chi connectivity index (χ1) is 11.1. The summed E-state index contributed by atoms with van der Waals surface area (Å²) in [6, 6.07) is 6.68.